The quantitative estimate of drug-likeness (QED) is 0.907. The van der Waals surface area contributed by atoms with Crippen molar-refractivity contribution in [2.45, 2.75) is 33.2 Å². The first kappa shape index (κ1) is 14.7. The van der Waals surface area contributed by atoms with Gasteiger partial charge in [0.25, 0.3) is 5.91 Å². The Morgan fingerprint density at radius 1 is 1.45 bits per heavy atom. The molecule has 2 heterocycles. The van der Waals surface area contributed by atoms with Crippen LogP contribution in [0, 0.1) is 13.8 Å². The third-order valence-electron chi connectivity index (χ3n) is 2.92. The summed E-state index contributed by atoms with van der Waals surface area (Å²) < 4.78 is 5.54. The Morgan fingerprint density at radius 2 is 2.15 bits per heavy atom. The summed E-state index contributed by atoms with van der Waals surface area (Å²) in [6.45, 7) is 7.85. The largest absolute Gasteiger partial charge is 0.459 e. The first-order valence-corrected chi connectivity index (χ1v) is 7.21. The number of carbonyl (C=O) groups excluding carboxylic acids is 1. The van der Waals surface area contributed by atoms with Gasteiger partial charge in [0.1, 0.15) is 10.6 Å². The van der Waals surface area contributed by atoms with E-state index in [1.165, 1.54) is 11.3 Å². The van der Waals surface area contributed by atoms with Gasteiger partial charge in [-0.1, -0.05) is 0 Å². The van der Waals surface area contributed by atoms with E-state index in [0.717, 1.165) is 5.76 Å². The smallest absolute Gasteiger partial charge is 0.263 e. The van der Waals surface area contributed by atoms with Gasteiger partial charge in [-0.3, -0.25) is 4.79 Å². The average molecular weight is 293 g/mol. The van der Waals surface area contributed by atoms with Gasteiger partial charge in [-0.25, -0.2) is 4.98 Å². The van der Waals surface area contributed by atoms with Gasteiger partial charge in [-0.05, 0) is 39.8 Å². The normalized spacial score (nSPS) is 11.7. The van der Waals surface area contributed by atoms with Crippen LogP contribution in [0.1, 0.15) is 35.0 Å². The SMILES string of the molecule is Cc1ccc(-c2nc(C)c(C(=O)NC(C)(C)CN)s2)o1. The predicted molar refractivity (Wildman–Crippen MR) is 79.9 cm³/mol. The lowest BCUT2D eigenvalue weighted by Gasteiger charge is -2.23. The standard InChI is InChI=1S/C14H19N3O2S/c1-8-5-6-10(19-8)13-16-9(2)11(20-13)12(18)17-14(3,4)7-15/h5-6H,7,15H2,1-4H3,(H,17,18). The highest BCUT2D eigenvalue weighted by atomic mass is 32.1. The Morgan fingerprint density at radius 3 is 2.70 bits per heavy atom. The summed E-state index contributed by atoms with van der Waals surface area (Å²) in [5.74, 6) is 1.36. The Bertz CT molecular complexity index is 628. The number of nitrogens with two attached hydrogens (primary N) is 1. The Hall–Kier alpha value is -1.66. The van der Waals surface area contributed by atoms with Crippen molar-refractivity contribution in [1.29, 1.82) is 0 Å². The number of aryl methyl sites for hydroxylation is 2. The molecule has 0 aromatic carbocycles. The van der Waals surface area contributed by atoms with Crippen molar-refractivity contribution in [3.8, 4) is 10.8 Å². The molecule has 0 fully saturated rings. The van der Waals surface area contributed by atoms with Gasteiger partial charge >= 0.3 is 0 Å². The van der Waals surface area contributed by atoms with E-state index >= 15 is 0 Å². The molecular weight excluding hydrogens is 274 g/mol. The third kappa shape index (κ3) is 3.08. The molecule has 0 spiro atoms. The predicted octanol–water partition coefficient (Wildman–Crippen LogP) is 2.49. The van der Waals surface area contributed by atoms with E-state index < -0.39 is 5.54 Å². The van der Waals surface area contributed by atoms with Gasteiger partial charge < -0.3 is 15.5 Å². The Kier molecular flexibility index (Phi) is 3.96. The van der Waals surface area contributed by atoms with Crippen LogP contribution in [0.15, 0.2) is 16.5 Å². The highest BCUT2D eigenvalue weighted by Crippen LogP contribution is 2.29. The molecule has 2 rings (SSSR count). The van der Waals surface area contributed by atoms with Crippen molar-refractivity contribution in [3.63, 3.8) is 0 Å². The maximum absolute atomic E-state index is 12.3. The molecule has 0 bridgehead atoms. The summed E-state index contributed by atoms with van der Waals surface area (Å²) in [4.78, 5) is 17.3. The van der Waals surface area contributed by atoms with Crippen LogP contribution in [-0.2, 0) is 0 Å². The number of nitrogens with zero attached hydrogens (tertiary/aromatic N) is 1. The van der Waals surface area contributed by atoms with Gasteiger partial charge in [0.2, 0.25) is 0 Å². The molecule has 0 saturated heterocycles. The van der Waals surface area contributed by atoms with E-state index in [9.17, 15) is 4.79 Å². The lowest BCUT2D eigenvalue weighted by molar-refractivity contribution is 0.0919. The highest BCUT2D eigenvalue weighted by molar-refractivity contribution is 7.17. The second-order valence-electron chi connectivity index (χ2n) is 5.39. The average Bonchev–Trinajstić information content (AvgIpc) is 2.95. The Balaban J connectivity index is 2.26. The molecule has 0 radical (unpaired) electrons. The second kappa shape index (κ2) is 5.38. The van der Waals surface area contributed by atoms with E-state index in [4.69, 9.17) is 10.2 Å². The maximum atomic E-state index is 12.3. The number of amides is 1. The van der Waals surface area contributed by atoms with E-state index in [1.807, 2.05) is 39.8 Å². The fraction of sp³-hybridized carbons (Fsp3) is 0.429. The van der Waals surface area contributed by atoms with E-state index in [-0.39, 0.29) is 5.91 Å². The fourth-order valence-electron chi connectivity index (χ4n) is 1.68. The summed E-state index contributed by atoms with van der Waals surface area (Å²) >= 11 is 1.33. The van der Waals surface area contributed by atoms with Crippen LogP contribution in [0.4, 0.5) is 0 Å². The summed E-state index contributed by atoms with van der Waals surface area (Å²) in [7, 11) is 0. The molecule has 108 valence electrons. The molecule has 6 heteroatoms. The summed E-state index contributed by atoms with van der Waals surface area (Å²) in [6.07, 6.45) is 0. The molecular formula is C14H19N3O2S. The first-order valence-electron chi connectivity index (χ1n) is 6.39. The molecule has 2 aromatic rings. The molecule has 20 heavy (non-hydrogen) atoms. The summed E-state index contributed by atoms with van der Waals surface area (Å²) in [5.41, 5.74) is 5.89. The topological polar surface area (TPSA) is 81.2 Å². The molecule has 2 aromatic heterocycles. The molecule has 0 atom stereocenters. The third-order valence-corrected chi connectivity index (χ3v) is 4.09. The maximum Gasteiger partial charge on any atom is 0.263 e. The molecule has 0 aliphatic rings. The second-order valence-corrected chi connectivity index (χ2v) is 6.39. The van der Waals surface area contributed by atoms with Crippen LogP contribution < -0.4 is 11.1 Å². The lowest BCUT2D eigenvalue weighted by Crippen LogP contribution is -2.48. The summed E-state index contributed by atoms with van der Waals surface area (Å²) in [6, 6.07) is 3.74. The van der Waals surface area contributed by atoms with Crippen molar-refractivity contribution in [2.75, 3.05) is 6.54 Å². The van der Waals surface area contributed by atoms with E-state index in [1.54, 1.807) is 0 Å². The van der Waals surface area contributed by atoms with Crippen LogP contribution in [0.3, 0.4) is 0 Å². The molecule has 3 N–H and O–H groups in total. The monoisotopic (exact) mass is 293 g/mol. The highest BCUT2D eigenvalue weighted by Gasteiger charge is 2.23. The molecule has 0 saturated carbocycles. The zero-order chi connectivity index (χ0) is 14.9. The zero-order valence-electron chi connectivity index (χ0n) is 12.1. The molecule has 0 aliphatic heterocycles. The van der Waals surface area contributed by atoms with Crippen molar-refractivity contribution in [2.24, 2.45) is 5.73 Å². The Labute approximate surface area is 122 Å². The minimum atomic E-state index is -0.436. The molecule has 0 unspecified atom stereocenters. The van der Waals surface area contributed by atoms with Crippen LogP contribution >= 0.6 is 11.3 Å². The van der Waals surface area contributed by atoms with E-state index in [0.29, 0.717) is 27.9 Å². The van der Waals surface area contributed by atoms with Crippen molar-refractivity contribution in [1.82, 2.24) is 10.3 Å². The minimum absolute atomic E-state index is 0.148. The number of rotatable bonds is 4. The lowest BCUT2D eigenvalue weighted by atomic mass is 10.1. The van der Waals surface area contributed by atoms with Crippen LogP contribution in [0.25, 0.3) is 10.8 Å². The minimum Gasteiger partial charge on any atom is -0.459 e. The number of furan rings is 1. The number of aromatic nitrogens is 1. The van der Waals surface area contributed by atoms with Crippen molar-refractivity contribution in [3.05, 3.63) is 28.5 Å². The fourth-order valence-corrected chi connectivity index (χ4v) is 2.60. The number of nitrogens with one attached hydrogen (secondary N) is 1. The van der Waals surface area contributed by atoms with E-state index in [2.05, 4.69) is 10.3 Å². The summed E-state index contributed by atoms with van der Waals surface area (Å²) in [5, 5.41) is 3.62. The molecule has 1 amide bonds. The number of hydrogen-bond donors (Lipinski definition) is 2. The number of carbonyl (C=O) groups is 1. The van der Waals surface area contributed by atoms with Gasteiger partial charge in [0.15, 0.2) is 10.8 Å². The zero-order valence-corrected chi connectivity index (χ0v) is 12.9. The van der Waals surface area contributed by atoms with Gasteiger partial charge in [0.05, 0.1) is 5.69 Å². The first-order chi connectivity index (χ1) is 9.32. The molecule has 5 nitrogen and oxygen atoms in total. The van der Waals surface area contributed by atoms with Crippen molar-refractivity contribution >= 4 is 17.2 Å². The number of hydrogen-bond acceptors (Lipinski definition) is 5. The molecule has 0 aliphatic carbocycles. The van der Waals surface area contributed by atoms with Gasteiger partial charge in [0, 0.05) is 12.1 Å². The van der Waals surface area contributed by atoms with Crippen molar-refractivity contribution < 1.29 is 9.21 Å². The van der Waals surface area contributed by atoms with Gasteiger partial charge in [-0.2, -0.15) is 0 Å². The number of thiazole rings is 1. The van der Waals surface area contributed by atoms with Crippen LogP contribution in [-0.4, -0.2) is 23.0 Å². The van der Waals surface area contributed by atoms with Gasteiger partial charge in [-0.15, -0.1) is 11.3 Å². The van der Waals surface area contributed by atoms with Crippen LogP contribution in [0.2, 0.25) is 0 Å². The van der Waals surface area contributed by atoms with Crippen LogP contribution in [0.5, 0.6) is 0 Å².